The lowest BCUT2D eigenvalue weighted by atomic mass is 10.0. The minimum absolute atomic E-state index is 0.0145. The Balaban J connectivity index is 1.92. The maximum absolute atomic E-state index is 13.1. The average Bonchev–Trinajstić information content (AvgIpc) is 2.71. The second-order valence-electron chi connectivity index (χ2n) is 6.21. The number of hydrogen-bond acceptors (Lipinski definition) is 5. The van der Waals surface area contributed by atoms with E-state index in [1.54, 1.807) is 49.8 Å². The maximum atomic E-state index is 13.1. The van der Waals surface area contributed by atoms with Gasteiger partial charge in [0.1, 0.15) is 17.0 Å². The highest BCUT2D eigenvalue weighted by Gasteiger charge is 2.27. The average molecular weight is 420 g/mol. The van der Waals surface area contributed by atoms with Gasteiger partial charge in [-0.05, 0) is 36.3 Å². The van der Waals surface area contributed by atoms with Crippen molar-refractivity contribution in [3.05, 3.63) is 65.2 Å². The summed E-state index contributed by atoms with van der Waals surface area (Å²) in [6, 6.07) is 6.77. The molecular weight excluding hydrogens is 401 g/mol. The SMILES string of the molecule is COc1ncccc1N(C)C(=O)c1cccnc1OC1=CC(Cl)=CC(C)C1Cl. The van der Waals surface area contributed by atoms with E-state index in [2.05, 4.69) is 9.97 Å². The summed E-state index contributed by atoms with van der Waals surface area (Å²) in [6.07, 6.45) is 6.62. The molecule has 0 aromatic carbocycles. The van der Waals surface area contributed by atoms with Crippen molar-refractivity contribution in [1.29, 1.82) is 0 Å². The lowest BCUT2D eigenvalue weighted by Crippen LogP contribution is -2.28. The van der Waals surface area contributed by atoms with Gasteiger partial charge in [0.2, 0.25) is 11.8 Å². The van der Waals surface area contributed by atoms with Crippen LogP contribution in [0.5, 0.6) is 11.8 Å². The van der Waals surface area contributed by atoms with Crippen molar-refractivity contribution in [3.8, 4) is 11.8 Å². The molecule has 28 heavy (non-hydrogen) atoms. The Morgan fingerprint density at radius 1 is 1.18 bits per heavy atom. The van der Waals surface area contributed by atoms with Gasteiger partial charge >= 0.3 is 0 Å². The quantitative estimate of drug-likeness (QED) is 0.671. The Labute approximate surface area is 173 Å². The maximum Gasteiger partial charge on any atom is 0.263 e. The van der Waals surface area contributed by atoms with E-state index in [0.717, 1.165) is 0 Å². The number of methoxy groups -OCH3 is 1. The number of rotatable bonds is 5. The first-order valence-corrected chi connectivity index (χ1v) is 9.36. The lowest BCUT2D eigenvalue weighted by molar-refractivity contribution is 0.0988. The molecule has 2 aromatic heterocycles. The zero-order chi connectivity index (χ0) is 20.3. The first kappa shape index (κ1) is 20.2. The van der Waals surface area contributed by atoms with Gasteiger partial charge in [-0.2, -0.15) is 0 Å². The van der Waals surface area contributed by atoms with Gasteiger partial charge in [-0.3, -0.25) is 4.79 Å². The number of ether oxygens (including phenoxy) is 2. The number of alkyl halides is 1. The molecule has 2 aromatic rings. The Morgan fingerprint density at radius 3 is 2.57 bits per heavy atom. The fraction of sp³-hybridized carbons (Fsp3) is 0.250. The fourth-order valence-corrected chi connectivity index (χ4v) is 3.26. The highest BCUT2D eigenvalue weighted by Crippen LogP contribution is 2.32. The van der Waals surface area contributed by atoms with Crippen molar-refractivity contribution in [1.82, 2.24) is 9.97 Å². The zero-order valence-corrected chi connectivity index (χ0v) is 17.1. The van der Waals surface area contributed by atoms with Gasteiger partial charge in [-0.25, -0.2) is 9.97 Å². The highest BCUT2D eigenvalue weighted by molar-refractivity contribution is 6.32. The van der Waals surface area contributed by atoms with Crippen molar-refractivity contribution in [2.45, 2.75) is 12.3 Å². The number of halogens is 2. The summed E-state index contributed by atoms with van der Waals surface area (Å²) in [5.41, 5.74) is 0.801. The zero-order valence-electron chi connectivity index (χ0n) is 15.6. The van der Waals surface area contributed by atoms with Gasteiger partial charge in [0.15, 0.2) is 0 Å². The van der Waals surface area contributed by atoms with E-state index < -0.39 is 5.38 Å². The molecule has 0 saturated carbocycles. The summed E-state index contributed by atoms with van der Waals surface area (Å²) in [5.74, 6) is 0.589. The summed E-state index contributed by atoms with van der Waals surface area (Å²) in [6.45, 7) is 1.93. The summed E-state index contributed by atoms with van der Waals surface area (Å²) >= 11 is 12.6. The predicted octanol–water partition coefficient (Wildman–Crippen LogP) is 4.40. The van der Waals surface area contributed by atoms with E-state index in [9.17, 15) is 4.79 Å². The van der Waals surface area contributed by atoms with Crippen LogP contribution in [0, 0.1) is 5.92 Å². The van der Waals surface area contributed by atoms with Crippen LogP contribution in [0.1, 0.15) is 17.3 Å². The van der Waals surface area contributed by atoms with E-state index in [-0.39, 0.29) is 23.3 Å². The monoisotopic (exact) mass is 419 g/mol. The Kier molecular flexibility index (Phi) is 6.21. The number of amides is 1. The molecule has 2 unspecified atom stereocenters. The number of pyridine rings is 2. The largest absolute Gasteiger partial charge is 0.480 e. The van der Waals surface area contributed by atoms with Gasteiger partial charge in [0.05, 0.1) is 12.5 Å². The number of nitrogens with zero attached hydrogens (tertiary/aromatic N) is 3. The van der Waals surface area contributed by atoms with Crippen LogP contribution in [-0.2, 0) is 0 Å². The third-order valence-corrected chi connectivity index (χ3v) is 5.11. The Hall–Kier alpha value is -2.57. The minimum atomic E-state index is -0.413. The number of anilines is 1. The van der Waals surface area contributed by atoms with Crippen LogP contribution >= 0.6 is 23.2 Å². The lowest BCUT2D eigenvalue weighted by Gasteiger charge is -2.24. The molecule has 0 spiro atoms. The molecule has 1 aliphatic carbocycles. The molecule has 0 radical (unpaired) electrons. The van der Waals surface area contributed by atoms with Crippen LogP contribution in [-0.4, -0.2) is 35.4 Å². The Morgan fingerprint density at radius 2 is 1.86 bits per heavy atom. The summed E-state index contributed by atoms with van der Waals surface area (Å²) in [7, 11) is 3.13. The van der Waals surface area contributed by atoms with E-state index in [0.29, 0.717) is 22.4 Å². The highest BCUT2D eigenvalue weighted by atomic mass is 35.5. The third-order valence-electron chi connectivity index (χ3n) is 4.26. The van der Waals surface area contributed by atoms with Gasteiger partial charge in [0.25, 0.3) is 5.91 Å². The van der Waals surface area contributed by atoms with E-state index >= 15 is 0 Å². The fourth-order valence-electron chi connectivity index (χ4n) is 2.78. The molecule has 0 saturated heterocycles. The van der Waals surface area contributed by atoms with Crippen LogP contribution in [0.25, 0.3) is 0 Å². The van der Waals surface area contributed by atoms with Gasteiger partial charge < -0.3 is 14.4 Å². The predicted molar refractivity (Wildman–Crippen MR) is 109 cm³/mol. The van der Waals surface area contributed by atoms with Crippen LogP contribution in [0.2, 0.25) is 0 Å². The topological polar surface area (TPSA) is 64.5 Å². The number of aromatic nitrogens is 2. The van der Waals surface area contributed by atoms with Crippen molar-refractivity contribution < 1.29 is 14.3 Å². The standard InChI is InChI=1S/C20H19Cl2N3O3/c1-12-10-13(21)11-16(17(12)22)28-18-14(6-4-8-23-18)20(26)25(2)15-7-5-9-24-19(15)27-3/h4-12,17H,1-3H3. The molecule has 8 heteroatoms. The molecule has 1 amide bonds. The van der Waals surface area contributed by atoms with Crippen molar-refractivity contribution in [2.24, 2.45) is 5.92 Å². The van der Waals surface area contributed by atoms with E-state index in [1.165, 1.54) is 12.0 Å². The first-order valence-electron chi connectivity index (χ1n) is 8.55. The van der Waals surface area contributed by atoms with Crippen molar-refractivity contribution in [3.63, 3.8) is 0 Å². The van der Waals surface area contributed by atoms with Gasteiger partial charge in [-0.15, -0.1) is 11.6 Å². The summed E-state index contributed by atoms with van der Waals surface area (Å²) in [4.78, 5) is 22.9. The van der Waals surface area contributed by atoms with Crippen molar-refractivity contribution in [2.75, 3.05) is 19.1 Å². The number of carbonyl (C=O) groups excluding carboxylic acids is 1. The molecule has 6 nitrogen and oxygen atoms in total. The third kappa shape index (κ3) is 4.13. The van der Waals surface area contributed by atoms with Crippen LogP contribution in [0.3, 0.4) is 0 Å². The second kappa shape index (κ2) is 8.63. The molecule has 0 bridgehead atoms. The first-order chi connectivity index (χ1) is 13.4. The molecule has 1 aliphatic rings. The van der Waals surface area contributed by atoms with Crippen molar-refractivity contribution >= 4 is 34.8 Å². The number of allylic oxidation sites excluding steroid dienone is 4. The number of carbonyl (C=O) groups is 1. The molecule has 0 N–H and O–H groups in total. The van der Waals surface area contributed by atoms with E-state index in [4.69, 9.17) is 32.7 Å². The summed E-state index contributed by atoms with van der Waals surface area (Å²) < 4.78 is 11.1. The normalized spacial score (nSPS) is 18.8. The van der Waals surface area contributed by atoms with Gasteiger partial charge in [0, 0.05) is 24.5 Å². The molecule has 3 rings (SSSR count). The molecule has 2 atom stereocenters. The van der Waals surface area contributed by atoms with Crippen LogP contribution in [0.15, 0.2) is 59.6 Å². The number of hydrogen-bond donors (Lipinski definition) is 0. The molecule has 0 aliphatic heterocycles. The molecule has 0 fully saturated rings. The molecule has 2 heterocycles. The van der Waals surface area contributed by atoms with Crippen LogP contribution < -0.4 is 14.4 Å². The molecule has 146 valence electrons. The molecular formula is C20H19Cl2N3O3. The summed E-state index contributed by atoms with van der Waals surface area (Å²) in [5, 5.41) is 0.115. The Bertz CT molecular complexity index is 946. The second-order valence-corrected chi connectivity index (χ2v) is 7.12. The van der Waals surface area contributed by atoms with Gasteiger partial charge in [-0.1, -0.05) is 24.6 Å². The van der Waals surface area contributed by atoms with E-state index in [1.807, 2.05) is 13.0 Å². The van der Waals surface area contributed by atoms with Crippen LogP contribution in [0.4, 0.5) is 5.69 Å². The minimum Gasteiger partial charge on any atom is -0.480 e. The smallest absolute Gasteiger partial charge is 0.263 e.